The summed E-state index contributed by atoms with van der Waals surface area (Å²) in [5, 5.41) is 5.05. The van der Waals surface area contributed by atoms with Crippen LogP contribution < -0.4 is 14.9 Å². The number of rotatable bonds is 5. The zero-order chi connectivity index (χ0) is 22.8. The zero-order valence-corrected chi connectivity index (χ0v) is 19.4. The fourth-order valence-electron chi connectivity index (χ4n) is 4.03. The van der Waals surface area contributed by atoms with Gasteiger partial charge in [0.25, 0.3) is 5.91 Å². The molecule has 2 heterocycles. The van der Waals surface area contributed by atoms with Gasteiger partial charge in [-0.25, -0.2) is 4.99 Å². The Kier molecular flexibility index (Phi) is 5.84. The van der Waals surface area contributed by atoms with Gasteiger partial charge in [-0.2, -0.15) is 0 Å². The molecular weight excluding hydrogens is 430 g/mol. The van der Waals surface area contributed by atoms with Crippen LogP contribution in [0.25, 0.3) is 11.3 Å². The molecule has 0 saturated carbocycles. The van der Waals surface area contributed by atoms with Crippen LogP contribution >= 0.6 is 11.3 Å². The Bertz CT molecular complexity index is 1350. The largest absolute Gasteiger partial charge is 0.482 e. The quantitative estimate of drug-likeness (QED) is 0.404. The van der Waals surface area contributed by atoms with Gasteiger partial charge in [-0.15, -0.1) is 11.3 Å². The Balaban J connectivity index is 1.65. The summed E-state index contributed by atoms with van der Waals surface area (Å²) in [6.07, 6.45) is 1.01. The first-order valence-corrected chi connectivity index (χ1v) is 12.0. The normalized spacial score (nSPS) is 14.4. The standard InChI is InChI=1S/C27H25N3O2S/c1-3-19-9-12-22(13-10-19)28-27-30(18(2)20-7-5-4-6-8-20)24(17-33-27)21-11-14-25-23(15-21)29-26(31)16-32-25/h4-15,17-18H,3,16H2,1-2H3,(H,29,31). The van der Waals surface area contributed by atoms with Gasteiger partial charge in [0.2, 0.25) is 0 Å². The maximum Gasteiger partial charge on any atom is 0.262 e. The first-order chi connectivity index (χ1) is 16.1. The molecule has 5 rings (SSSR count). The fourth-order valence-corrected chi connectivity index (χ4v) is 5.02. The minimum absolute atomic E-state index is 0.0513. The van der Waals surface area contributed by atoms with Crippen molar-refractivity contribution >= 4 is 28.6 Å². The third-order valence-corrected chi connectivity index (χ3v) is 6.73. The van der Waals surface area contributed by atoms with Crippen molar-refractivity contribution in [2.45, 2.75) is 26.3 Å². The maximum absolute atomic E-state index is 11.8. The van der Waals surface area contributed by atoms with Crippen molar-refractivity contribution < 1.29 is 9.53 Å². The molecule has 0 aliphatic carbocycles. The summed E-state index contributed by atoms with van der Waals surface area (Å²) in [6.45, 7) is 4.39. The van der Waals surface area contributed by atoms with Crippen LogP contribution in [-0.4, -0.2) is 17.1 Å². The van der Waals surface area contributed by atoms with E-state index < -0.39 is 0 Å². The van der Waals surface area contributed by atoms with Crippen LogP contribution in [0.5, 0.6) is 5.75 Å². The van der Waals surface area contributed by atoms with E-state index in [1.54, 1.807) is 11.3 Å². The molecule has 33 heavy (non-hydrogen) atoms. The third-order valence-electron chi connectivity index (χ3n) is 5.89. The molecule has 1 aliphatic rings. The summed E-state index contributed by atoms with van der Waals surface area (Å²) >= 11 is 1.61. The van der Waals surface area contributed by atoms with E-state index in [4.69, 9.17) is 9.73 Å². The maximum atomic E-state index is 11.8. The van der Waals surface area contributed by atoms with E-state index in [9.17, 15) is 4.79 Å². The number of hydrogen-bond acceptors (Lipinski definition) is 4. The Morgan fingerprint density at radius 1 is 1.09 bits per heavy atom. The molecule has 0 radical (unpaired) electrons. The van der Waals surface area contributed by atoms with Crippen molar-refractivity contribution in [3.8, 4) is 17.0 Å². The lowest BCUT2D eigenvalue weighted by atomic mass is 10.1. The van der Waals surface area contributed by atoms with E-state index in [0.29, 0.717) is 11.4 Å². The number of carbonyl (C=O) groups excluding carboxylic acids is 1. The molecule has 1 atom stereocenters. The number of amides is 1. The number of fused-ring (bicyclic) bond motifs is 1. The predicted octanol–water partition coefficient (Wildman–Crippen LogP) is 5.95. The van der Waals surface area contributed by atoms with Gasteiger partial charge in [-0.3, -0.25) is 4.79 Å². The molecule has 6 heteroatoms. The minimum Gasteiger partial charge on any atom is -0.482 e. The number of ether oxygens (including phenoxy) is 1. The zero-order valence-electron chi connectivity index (χ0n) is 18.6. The van der Waals surface area contributed by atoms with E-state index in [1.807, 2.05) is 24.3 Å². The molecule has 0 saturated heterocycles. The van der Waals surface area contributed by atoms with Crippen LogP contribution in [0.2, 0.25) is 0 Å². The van der Waals surface area contributed by atoms with Gasteiger partial charge in [0.05, 0.1) is 23.1 Å². The van der Waals surface area contributed by atoms with Crippen LogP contribution in [0, 0.1) is 0 Å². The highest BCUT2D eigenvalue weighted by Crippen LogP contribution is 2.34. The van der Waals surface area contributed by atoms with Crippen molar-refractivity contribution in [3.05, 3.63) is 94.1 Å². The van der Waals surface area contributed by atoms with Crippen molar-refractivity contribution in [2.24, 2.45) is 4.99 Å². The summed E-state index contributed by atoms with van der Waals surface area (Å²) < 4.78 is 7.81. The van der Waals surface area contributed by atoms with Crippen LogP contribution in [0.1, 0.15) is 31.0 Å². The molecule has 3 aromatic carbocycles. The predicted molar refractivity (Wildman–Crippen MR) is 133 cm³/mol. The number of anilines is 1. The molecule has 1 aromatic heterocycles. The molecule has 166 valence electrons. The number of benzene rings is 3. The number of nitrogens with one attached hydrogen (secondary N) is 1. The highest BCUT2D eigenvalue weighted by Gasteiger charge is 2.20. The van der Waals surface area contributed by atoms with Gasteiger partial charge in [0.1, 0.15) is 5.75 Å². The lowest BCUT2D eigenvalue weighted by Gasteiger charge is -2.21. The van der Waals surface area contributed by atoms with Crippen LogP contribution in [0.4, 0.5) is 11.4 Å². The Labute approximate surface area is 197 Å². The summed E-state index contributed by atoms with van der Waals surface area (Å²) in [7, 11) is 0. The molecule has 1 N–H and O–H groups in total. The number of hydrogen-bond donors (Lipinski definition) is 1. The first-order valence-electron chi connectivity index (χ1n) is 11.1. The van der Waals surface area contributed by atoms with Gasteiger partial charge >= 0.3 is 0 Å². The molecule has 0 bridgehead atoms. The second kappa shape index (κ2) is 9.08. The third kappa shape index (κ3) is 4.34. The summed E-state index contributed by atoms with van der Waals surface area (Å²) in [5.41, 5.74) is 6.17. The van der Waals surface area contributed by atoms with Crippen molar-refractivity contribution in [2.75, 3.05) is 11.9 Å². The van der Waals surface area contributed by atoms with Gasteiger partial charge in [-0.05, 0) is 54.8 Å². The molecular formula is C27H25N3O2S. The van der Waals surface area contributed by atoms with E-state index in [-0.39, 0.29) is 18.6 Å². The molecule has 0 fully saturated rings. The molecule has 1 amide bonds. The van der Waals surface area contributed by atoms with Crippen LogP contribution in [-0.2, 0) is 11.2 Å². The van der Waals surface area contributed by atoms with Crippen LogP contribution in [0.15, 0.2) is 83.2 Å². The van der Waals surface area contributed by atoms with E-state index >= 15 is 0 Å². The van der Waals surface area contributed by atoms with E-state index in [2.05, 4.69) is 77.6 Å². The summed E-state index contributed by atoms with van der Waals surface area (Å²) in [6, 6.07) is 24.8. The number of aryl methyl sites for hydroxylation is 1. The Morgan fingerprint density at radius 2 is 1.88 bits per heavy atom. The first kappa shape index (κ1) is 21.2. The second-order valence-corrected chi connectivity index (χ2v) is 8.88. The highest BCUT2D eigenvalue weighted by atomic mass is 32.1. The number of aromatic nitrogens is 1. The Morgan fingerprint density at radius 3 is 2.64 bits per heavy atom. The number of carbonyl (C=O) groups is 1. The molecule has 1 aliphatic heterocycles. The summed E-state index contributed by atoms with van der Waals surface area (Å²) in [4.78, 5) is 17.7. The second-order valence-electron chi connectivity index (χ2n) is 8.04. The topological polar surface area (TPSA) is 55.6 Å². The van der Waals surface area contributed by atoms with Crippen molar-refractivity contribution in [1.29, 1.82) is 0 Å². The fraction of sp³-hybridized carbons (Fsp3) is 0.185. The van der Waals surface area contributed by atoms with Gasteiger partial charge in [0, 0.05) is 10.9 Å². The van der Waals surface area contributed by atoms with Crippen molar-refractivity contribution in [3.63, 3.8) is 0 Å². The molecule has 5 nitrogen and oxygen atoms in total. The Hall–Kier alpha value is -3.64. The number of thiazole rings is 1. The van der Waals surface area contributed by atoms with E-state index in [1.165, 1.54) is 11.1 Å². The van der Waals surface area contributed by atoms with Crippen LogP contribution in [0.3, 0.4) is 0 Å². The van der Waals surface area contributed by atoms with Gasteiger partial charge in [0.15, 0.2) is 11.4 Å². The average molecular weight is 456 g/mol. The molecule has 4 aromatic rings. The SMILES string of the molecule is CCc1ccc(N=c2scc(-c3ccc4c(c3)NC(=O)CO4)n2C(C)c2ccccc2)cc1. The minimum atomic E-state index is -0.137. The van der Waals surface area contributed by atoms with Gasteiger partial charge < -0.3 is 14.6 Å². The van der Waals surface area contributed by atoms with Gasteiger partial charge in [-0.1, -0.05) is 49.4 Å². The molecule has 1 unspecified atom stereocenters. The highest BCUT2D eigenvalue weighted by molar-refractivity contribution is 7.07. The lowest BCUT2D eigenvalue weighted by molar-refractivity contribution is -0.118. The monoisotopic (exact) mass is 455 g/mol. The smallest absolute Gasteiger partial charge is 0.262 e. The van der Waals surface area contributed by atoms with E-state index in [0.717, 1.165) is 28.2 Å². The summed E-state index contributed by atoms with van der Waals surface area (Å²) in [5.74, 6) is 0.555. The average Bonchev–Trinajstić information content (AvgIpc) is 3.27. The number of nitrogens with zero attached hydrogens (tertiary/aromatic N) is 2. The molecule has 0 spiro atoms. The lowest BCUT2D eigenvalue weighted by Crippen LogP contribution is -2.25. The van der Waals surface area contributed by atoms with Crippen molar-refractivity contribution in [1.82, 2.24) is 4.57 Å².